The van der Waals surface area contributed by atoms with Gasteiger partial charge in [0, 0.05) is 25.4 Å². The fourth-order valence-electron chi connectivity index (χ4n) is 3.02. The molecule has 0 spiro atoms. The van der Waals surface area contributed by atoms with E-state index >= 15 is 0 Å². The summed E-state index contributed by atoms with van der Waals surface area (Å²) in [5.41, 5.74) is 6.07. The van der Waals surface area contributed by atoms with Crippen molar-refractivity contribution in [3.63, 3.8) is 0 Å². The molecule has 10 heteroatoms. The van der Waals surface area contributed by atoms with Crippen LogP contribution in [0.1, 0.15) is 18.4 Å². The van der Waals surface area contributed by atoms with Crippen LogP contribution in [0.15, 0.2) is 30.3 Å². The first kappa shape index (κ1) is 21.1. The number of halogens is 3. The largest absolute Gasteiger partial charge is 0.529 e. The topological polar surface area (TPSA) is 84.5 Å². The molecule has 1 fully saturated rings. The summed E-state index contributed by atoms with van der Waals surface area (Å²) in [6.45, 7) is -0.803. The molecule has 0 radical (unpaired) electrons. The maximum atomic E-state index is 12.4. The minimum Gasteiger partial charge on any atom is -0.529 e. The van der Waals surface area contributed by atoms with E-state index in [0.29, 0.717) is 25.7 Å². The summed E-state index contributed by atoms with van der Waals surface area (Å²) in [4.78, 5) is 22.6. The molecule has 1 aromatic rings. The summed E-state index contributed by atoms with van der Waals surface area (Å²) in [6, 6.07) is 9.09. The van der Waals surface area contributed by atoms with Crippen LogP contribution in [-0.4, -0.2) is 60.5 Å². The van der Waals surface area contributed by atoms with Crippen molar-refractivity contribution in [1.29, 1.82) is 0 Å². The van der Waals surface area contributed by atoms with E-state index in [9.17, 15) is 27.9 Å². The van der Waals surface area contributed by atoms with Crippen LogP contribution in [0.5, 0.6) is 0 Å². The Morgan fingerprint density at radius 3 is 2.41 bits per heavy atom. The van der Waals surface area contributed by atoms with E-state index in [4.69, 9.17) is 0 Å². The van der Waals surface area contributed by atoms with Crippen molar-refractivity contribution in [3.8, 4) is 0 Å². The lowest BCUT2D eigenvalue weighted by Gasteiger charge is -2.40. The molecule has 0 unspecified atom stereocenters. The number of alkyl halides is 3. The van der Waals surface area contributed by atoms with E-state index in [1.54, 1.807) is 0 Å². The monoisotopic (exact) mass is 388 g/mol. The summed E-state index contributed by atoms with van der Waals surface area (Å²) in [6.07, 6.45) is -4.13. The van der Waals surface area contributed by atoms with Crippen LogP contribution in [-0.2, 0) is 11.2 Å². The van der Waals surface area contributed by atoms with Gasteiger partial charge in [0.1, 0.15) is 19.6 Å². The highest BCUT2D eigenvalue weighted by Gasteiger charge is 2.39. The number of carbonyl (C=O) groups excluding carboxylic acids is 2. The third kappa shape index (κ3) is 6.81. The number of amides is 2. The molecule has 1 aliphatic heterocycles. The van der Waals surface area contributed by atoms with Gasteiger partial charge < -0.3 is 9.90 Å². The molecule has 0 atom stereocenters. The summed E-state index contributed by atoms with van der Waals surface area (Å²) in [7, 11) is 0. The third-order valence-corrected chi connectivity index (χ3v) is 4.58. The molecular formula is C17H23F3N4O3. The van der Waals surface area contributed by atoms with E-state index in [1.165, 1.54) is 0 Å². The number of carbonyl (C=O) groups is 2. The number of nitrogens with one attached hydrogen (secondary N) is 2. The lowest BCUT2D eigenvalue weighted by atomic mass is 10.1. The number of benzene rings is 1. The zero-order valence-corrected chi connectivity index (χ0v) is 14.7. The first-order valence-corrected chi connectivity index (χ1v) is 8.67. The molecule has 0 bridgehead atoms. The van der Waals surface area contributed by atoms with Gasteiger partial charge in [-0.1, -0.05) is 30.3 Å². The highest BCUT2D eigenvalue weighted by Crippen LogP contribution is 2.18. The van der Waals surface area contributed by atoms with Crippen LogP contribution in [0.25, 0.3) is 0 Å². The average Bonchev–Trinajstić information content (AvgIpc) is 2.64. The quantitative estimate of drug-likeness (QED) is 0.387. The first-order valence-electron chi connectivity index (χ1n) is 8.67. The minimum atomic E-state index is -4.41. The van der Waals surface area contributed by atoms with Crippen molar-refractivity contribution in [3.05, 3.63) is 35.9 Å². The number of piperidine rings is 1. The molecule has 2 N–H and O–H groups in total. The predicted octanol–water partition coefficient (Wildman–Crippen LogP) is 0.581. The number of carboxylic acid groups (broad SMARTS) is 1. The zero-order chi connectivity index (χ0) is 19.9. The molecular weight excluding hydrogens is 365 g/mol. The van der Waals surface area contributed by atoms with E-state index < -0.39 is 23.4 Å². The van der Waals surface area contributed by atoms with Crippen molar-refractivity contribution >= 4 is 12.5 Å². The van der Waals surface area contributed by atoms with Gasteiger partial charge in [0.15, 0.2) is 6.09 Å². The number of quaternary nitrogens is 1. The van der Waals surface area contributed by atoms with E-state index in [2.05, 4.69) is 10.9 Å². The number of hydrogen-bond donors (Lipinski definition) is 2. The molecule has 150 valence electrons. The van der Waals surface area contributed by atoms with Crippen LogP contribution in [0, 0.1) is 0 Å². The Balaban J connectivity index is 1.85. The fourth-order valence-corrected chi connectivity index (χ4v) is 3.02. The van der Waals surface area contributed by atoms with Crippen LogP contribution in [0.3, 0.4) is 0 Å². The molecule has 1 saturated heterocycles. The Morgan fingerprint density at radius 2 is 1.89 bits per heavy atom. The van der Waals surface area contributed by atoms with Crippen molar-refractivity contribution in [2.45, 2.75) is 31.5 Å². The molecule has 2 amide bonds. The molecule has 0 saturated carbocycles. The normalized spacial score (nSPS) is 23.0. The van der Waals surface area contributed by atoms with Gasteiger partial charge in [-0.15, -0.1) is 0 Å². The standard InChI is InChI=1S/C17H23F3N4O3/c18-17(19,20)12-21-24(13-25)10-7-15(8-11-24)22-23(16(26)27)9-6-14-4-2-1-3-5-14/h1-5,13,15,21-22H,6-12H2. The summed E-state index contributed by atoms with van der Waals surface area (Å²) in [5.74, 6) is 0. The first-order chi connectivity index (χ1) is 12.7. The van der Waals surface area contributed by atoms with Crippen molar-refractivity contribution in [1.82, 2.24) is 15.9 Å². The van der Waals surface area contributed by atoms with Crippen LogP contribution in [0.2, 0.25) is 0 Å². The van der Waals surface area contributed by atoms with Gasteiger partial charge in [-0.25, -0.2) is 10.2 Å². The van der Waals surface area contributed by atoms with E-state index in [1.807, 2.05) is 30.3 Å². The smallest absolute Gasteiger partial charge is 0.406 e. The highest BCUT2D eigenvalue weighted by molar-refractivity contribution is 5.61. The van der Waals surface area contributed by atoms with Gasteiger partial charge in [0.25, 0.3) is 0 Å². The molecule has 7 nitrogen and oxygen atoms in total. The second kappa shape index (κ2) is 9.16. The van der Waals surface area contributed by atoms with Crippen LogP contribution >= 0.6 is 0 Å². The number of hydrogen-bond acceptors (Lipinski definition) is 5. The minimum absolute atomic E-state index is 0.136. The molecule has 1 aliphatic rings. The summed E-state index contributed by atoms with van der Waals surface area (Å²) >= 11 is 0. The van der Waals surface area contributed by atoms with Crippen LogP contribution in [0.4, 0.5) is 18.0 Å². The van der Waals surface area contributed by atoms with Gasteiger partial charge in [-0.3, -0.25) is 5.01 Å². The Labute approximate surface area is 155 Å². The third-order valence-electron chi connectivity index (χ3n) is 4.58. The Kier molecular flexibility index (Phi) is 7.17. The maximum Gasteiger partial charge on any atom is 0.406 e. The van der Waals surface area contributed by atoms with E-state index in [0.717, 1.165) is 10.6 Å². The molecule has 1 heterocycles. The van der Waals surface area contributed by atoms with Crippen LogP contribution < -0.4 is 16.0 Å². The Bertz CT molecular complexity index is 620. The lowest BCUT2D eigenvalue weighted by Crippen LogP contribution is -2.65. The SMILES string of the molecule is O=C[N+]1(NCC(F)(F)F)CCC(NN(CCc2ccccc2)C(=O)[O-])CC1. The fraction of sp³-hybridized carbons (Fsp3) is 0.529. The Morgan fingerprint density at radius 1 is 1.26 bits per heavy atom. The van der Waals surface area contributed by atoms with Gasteiger partial charge in [-0.05, 0) is 12.0 Å². The van der Waals surface area contributed by atoms with Gasteiger partial charge >= 0.3 is 12.6 Å². The number of hydrazine groups is 1. The lowest BCUT2D eigenvalue weighted by molar-refractivity contribution is -0.896. The Hall–Kier alpha value is -2.17. The van der Waals surface area contributed by atoms with E-state index in [-0.39, 0.29) is 25.7 Å². The maximum absolute atomic E-state index is 12.4. The predicted molar refractivity (Wildman–Crippen MR) is 88.5 cm³/mol. The second-order valence-corrected chi connectivity index (χ2v) is 6.59. The highest BCUT2D eigenvalue weighted by atomic mass is 19.4. The van der Waals surface area contributed by atoms with Crippen molar-refractivity contribution in [2.75, 3.05) is 26.2 Å². The number of nitrogens with zero attached hydrogens (tertiary/aromatic N) is 2. The van der Waals surface area contributed by atoms with Crippen molar-refractivity contribution < 1.29 is 32.5 Å². The summed E-state index contributed by atoms with van der Waals surface area (Å²) in [5, 5.41) is 12.3. The number of likely N-dealkylation sites (tertiary alicyclic amines) is 1. The van der Waals surface area contributed by atoms with Gasteiger partial charge in [-0.2, -0.15) is 23.2 Å². The molecule has 27 heavy (non-hydrogen) atoms. The molecule has 1 aromatic carbocycles. The number of rotatable bonds is 8. The average molecular weight is 388 g/mol. The molecule has 0 aliphatic carbocycles. The summed E-state index contributed by atoms with van der Waals surface area (Å²) < 4.78 is 36.7. The zero-order valence-electron chi connectivity index (χ0n) is 14.7. The van der Waals surface area contributed by atoms with Gasteiger partial charge in [0.2, 0.25) is 0 Å². The van der Waals surface area contributed by atoms with Crippen molar-refractivity contribution in [2.24, 2.45) is 0 Å². The molecule has 2 rings (SSSR count). The second-order valence-electron chi connectivity index (χ2n) is 6.59. The molecule has 0 aromatic heterocycles. The van der Waals surface area contributed by atoms with Gasteiger partial charge in [0.05, 0.1) is 0 Å².